The molecule has 0 radical (unpaired) electrons. The van der Waals surface area contributed by atoms with E-state index in [1.165, 1.54) is 4.88 Å². The van der Waals surface area contributed by atoms with Crippen LogP contribution in [0.4, 0.5) is 0 Å². The summed E-state index contributed by atoms with van der Waals surface area (Å²) in [6, 6.07) is 9.87. The normalized spacial score (nSPS) is 10.9. The molecule has 3 nitrogen and oxygen atoms in total. The van der Waals surface area contributed by atoms with Crippen LogP contribution in [0.5, 0.6) is 0 Å². The third-order valence-corrected chi connectivity index (χ3v) is 5.08. The monoisotopic (exact) mass is 379 g/mol. The number of aryl methyl sites for hydroxylation is 1. The summed E-state index contributed by atoms with van der Waals surface area (Å²) in [5, 5.41) is 11.2. The fraction of sp³-hybridized carbons (Fsp3) is 0.200. The van der Waals surface area contributed by atoms with E-state index < -0.39 is 0 Å². The lowest BCUT2D eigenvalue weighted by Gasteiger charge is -2.07. The second-order valence-electron chi connectivity index (χ2n) is 4.60. The molecule has 21 heavy (non-hydrogen) atoms. The van der Waals surface area contributed by atoms with Crippen molar-refractivity contribution < 1.29 is 0 Å². The highest BCUT2D eigenvalue weighted by molar-refractivity contribution is 9.10. The Morgan fingerprint density at radius 1 is 1.38 bits per heavy atom. The molecule has 0 amide bonds. The maximum absolute atomic E-state index is 9.09. The third kappa shape index (κ3) is 2.98. The number of fused-ring (bicyclic) bond motifs is 1. The number of hydrogen-bond acceptors (Lipinski definition) is 3. The molecule has 0 aliphatic heterocycles. The molecule has 0 atom stereocenters. The summed E-state index contributed by atoms with van der Waals surface area (Å²) >= 11 is 11.1. The summed E-state index contributed by atoms with van der Waals surface area (Å²) in [7, 11) is 0. The molecule has 6 heteroatoms. The van der Waals surface area contributed by atoms with E-state index in [0.29, 0.717) is 17.9 Å². The van der Waals surface area contributed by atoms with Crippen LogP contribution in [-0.4, -0.2) is 15.4 Å². The SMILES string of the molecule is N#Cc1ccc2nc(CCCl)n(Cc3cc(Br)cs3)c2c1. The Morgan fingerprint density at radius 2 is 2.24 bits per heavy atom. The minimum Gasteiger partial charge on any atom is -0.323 e. The fourth-order valence-corrected chi connectivity index (χ4v) is 3.89. The van der Waals surface area contributed by atoms with Gasteiger partial charge in [0, 0.05) is 27.0 Å². The lowest BCUT2D eigenvalue weighted by molar-refractivity contribution is 0.763. The molecule has 0 N–H and O–H groups in total. The lowest BCUT2D eigenvalue weighted by Crippen LogP contribution is -2.05. The van der Waals surface area contributed by atoms with E-state index >= 15 is 0 Å². The van der Waals surface area contributed by atoms with Gasteiger partial charge in [-0.3, -0.25) is 0 Å². The van der Waals surface area contributed by atoms with Gasteiger partial charge in [-0.1, -0.05) is 0 Å². The van der Waals surface area contributed by atoms with Crippen molar-refractivity contribution in [3.8, 4) is 6.07 Å². The summed E-state index contributed by atoms with van der Waals surface area (Å²) in [6.45, 7) is 0.744. The van der Waals surface area contributed by atoms with E-state index in [1.54, 1.807) is 17.4 Å². The minimum atomic E-state index is 0.530. The van der Waals surface area contributed by atoms with Gasteiger partial charge in [-0.15, -0.1) is 22.9 Å². The van der Waals surface area contributed by atoms with Crippen LogP contribution in [0.2, 0.25) is 0 Å². The molecule has 3 aromatic rings. The number of aromatic nitrogens is 2. The largest absolute Gasteiger partial charge is 0.323 e. The first-order valence-electron chi connectivity index (χ1n) is 6.39. The number of hydrogen-bond donors (Lipinski definition) is 0. The average Bonchev–Trinajstić information content (AvgIpc) is 3.04. The first-order chi connectivity index (χ1) is 10.2. The summed E-state index contributed by atoms with van der Waals surface area (Å²) in [6.07, 6.45) is 0.713. The van der Waals surface area contributed by atoms with Crippen molar-refractivity contribution in [2.45, 2.75) is 13.0 Å². The molecule has 106 valence electrons. The predicted molar refractivity (Wildman–Crippen MR) is 90.0 cm³/mol. The number of nitriles is 1. The zero-order valence-electron chi connectivity index (χ0n) is 11.0. The molecule has 0 aliphatic rings. The van der Waals surface area contributed by atoms with E-state index in [0.717, 1.165) is 27.9 Å². The molecule has 2 heterocycles. The maximum Gasteiger partial charge on any atom is 0.111 e. The number of thiophene rings is 1. The van der Waals surface area contributed by atoms with Gasteiger partial charge in [0.15, 0.2) is 0 Å². The number of benzene rings is 1. The molecule has 0 spiro atoms. The standard InChI is InChI=1S/C15H11BrClN3S/c16-11-6-12(21-9-11)8-20-14-5-10(7-18)1-2-13(14)19-15(20)3-4-17/h1-2,5-6,9H,3-4,8H2. The molecular weight excluding hydrogens is 370 g/mol. The van der Waals surface area contributed by atoms with Crippen molar-refractivity contribution in [3.05, 3.63) is 50.4 Å². The van der Waals surface area contributed by atoms with Crippen LogP contribution in [0.25, 0.3) is 11.0 Å². The zero-order valence-corrected chi connectivity index (χ0v) is 14.2. The van der Waals surface area contributed by atoms with E-state index in [-0.39, 0.29) is 0 Å². The molecule has 0 unspecified atom stereocenters. The second-order valence-corrected chi connectivity index (χ2v) is 6.89. The van der Waals surface area contributed by atoms with Crippen molar-refractivity contribution in [2.24, 2.45) is 0 Å². The van der Waals surface area contributed by atoms with E-state index in [4.69, 9.17) is 16.9 Å². The highest BCUT2D eigenvalue weighted by Gasteiger charge is 2.12. The van der Waals surface area contributed by atoms with Gasteiger partial charge >= 0.3 is 0 Å². The Bertz CT molecular complexity index is 831. The molecule has 0 saturated heterocycles. The van der Waals surface area contributed by atoms with Gasteiger partial charge in [-0.05, 0) is 40.2 Å². The van der Waals surface area contributed by atoms with Crippen molar-refractivity contribution in [3.63, 3.8) is 0 Å². The maximum atomic E-state index is 9.09. The number of nitrogens with zero attached hydrogens (tertiary/aromatic N) is 3. The third-order valence-electron chi connectivity index (χ3n) is 3.21. The van der Waals surface area contributed by atoms with Crippen LogP contribution in [0, 0.1) is 11.3 Å². The van der Waals surface area contributed by atoms with E-state index in [9.17, 15) is 0 Å². The summed E-state index contributed by atoms with van der Waals surface area (Å²) in [5.74, 6) is 1.49. The minimum absolute atomic E-state index is 0.530. The highest BCUT2D eigenvalue weighted by Crippen LogP contribution is 2.24. The molecule has 0 fully saturated rings. The molecule has 0 aliphatic carbocycles. The van der Waals surface area contributed by atoms with Crippen molar-refractivity contribution >= 4 is 49.9 Å². The Labute approximate surface area is 139 Å². The number of alkyl halides is 1. The predicted octanol–water partition coefficient (Wildman–Crippen LogP) is 4.56. The fourth-order valence-electron chi connectivity index (χ4n) is 2.29. The van der Waals surface area contributed by atoms with Crippen molar-refractivity contribution in [1.82, 2.24) is 9.55 Å². The molecule has 1 aromatic carbocycles. The zero-order chi connectivity index (χ0) is 14.8. The average molecular weight is 381 g/mol. The van der Waals surface area contributed by atoms with Gasteiger partial charge in [0.05, 0.1) is 29.2 Å². The number of imidazole rings is 1. The van der Waals surface area contributed by atoms with Crippen LogP contribution in [0.1, 0.15) is 16.3 Å². The molecule has 2 aromatic heterocycles. The molecule has 3 rings (SSSR count). The quantitative estimate of drug-likeness (QED) is 0.623. The highest BCUT2D eigenvalue weighted by atomic mass is 79.9. The van der Waals surface area contributed by atoms with Crippen LogP contribution < -0.4 is 0 Å². The summed E-state index contributed by atoms with van der Waals surface area (Å²) in [4.78, 5) is 5.88. The first-order valence-corrected chi connectivity index (χ1v) is 8.60. The smallest absolute Gasteiger partial charge is 0.111 e. The molecule has 0 bridgehead atoms. The van der Waals surface area contributed by atoms with Gasteiger partial charge < -0.3 is 4.57 Å². The Hall–Kier alpha value is -1.35. The van der Waals surface area contributed by atoms with Crippen LogP contribution in [0.15, 0.2) is 34.1 Å². The van der Waals surface area contributed by atoms with Crippen molar-refractivity contribution in [2.75, 3.05) is 5.88 Å². The topological polar surface area (TPSA) is 41.6 Å². The van der Waals surface area contributed by atoms with Gasteiger partial charge in [0.2, 0.25) is 0 Å². The second kappa shape index (κ2) is 6.18. The van der Waals surface area contributed by atoms with Gasteiger partial charge in [0.1, 0.15) is 5.82 Å². The number of rotatable bonds is 4. The molecular formula is C15H11BrClN3S. The van der Waals surface area contributed by atoms with E-state index in [1.807, 2.05) is 12.1 Å². The summed E-state index contributed by atoms with van der Waals surface area (Å²) < 4.78 is 3.24. The summed E-state index contributed by atoms with van der Waals surface area (Å²) in [5.41, 5.74) is 2.54. The molecule has 0 saturated carbocycles. The lowest BCUT2D eigenvalue weighted by atomic mass is 10.2. The van der Waals surface area contributed by atoms with Gasteiger partial charge in [-0.2, -0.15) is 5.26 Å². The van der Waals surface area contributed by atoms with Crippen LogP contribution in [-0.2, 0) is 13.0 Å². The Morgan fingerprint density at radius 3 is 2.90 bits per heavy atom. The van der Waals surface area contributed by atoms with Gasteiger partial charge in [0.25, 0.3) is 0 Å². The van der Waals surface area contributed by atoms with Crippen LogP contribution >= 0.6 is 38.9 Å². The first kappa shape index (κ1) is 14.6. The Balaban J connectivity index is 2.12. The van der Waals surface area contributed by atoms with Crippen LogP contribution in [0.3, 0.4) is 0 Å². The Kier molecular flexibility index (Phi) is 4.29. The van der Waals surface area contributed by atoms with E-state index in [2.05, 4.69) is 43.0 Å². The van der Waals surface area contributed by atoms with Crippen molar-refractivity contribution in [1.29, 1.82) is 5.26 Å². The van der Waals surface area contributed by atoms with Gasteiger partial charge in [-0.25, -0.2) is 4.98 Å². The number of halogens is 2.